The van der Waals surface area contributed by atoms with Gasteiger partial charge in [-0.15, -0.1) is 0 Å². The molecule has 0 radical (unpaired) electrons. The van der Waals surface area contributed by atoms with E-state index in [0.29, 0.717) is 5.69 Å². The van der Waals surface area contributed by atoms with Gasteiger partial charge < -0.3 is 10.2 Å². The van der Waals surface area contributed by atoms with E-state index >= 15 is 0 Å². The lowest BCUT2D eigenvalue weighted by Gasteiger charge is -2.18. The lowest BCUT2D eigenvalue weighted by atomic mass is 10.1. The number of likely N-dealkylation sites (N-methyl/N-ethyl adjacent to an activating group) is 1. The summed E-state index contributed by atoms with van der Waals surface area (Å²) in [6, 6.07) is 8.17. The van der Waals surface area contributed by atoms with Crippen molar-refractivity contribution in [2.75, 3.05) is 18.9 Å². The van der Waals surface area contributed by atoms with Crippen LogP contribution in [0.3, 0.4) is 0 Å². The summed E-state index contributed by atoms with van der Waals surface area (Å²) < 4.78 is 0. The zero-order valence-corrected chi connectivity index (χ0v) is 15.5. The summed E-state index contributed by atoms with van der Waals surface area (Å²) >= 11 is 0. The second-order valence-electron chi connectivity index (χ2n) is 6.23. The Morgan fingerprint density at radius 3 is 1.96 bits per heavy atom. The third-order valence-electron chi connectivity index (χ3n) is 4.04. The SMILES string of the molecule is Cc1cccc(C)c1NC(=O)CN(C)C(=O)c1cc([N+](=O)[O-])cc([N+](=O)[O-])c1. The van der Waals surface area contributed by atoms with Crippen LogP contribution in [0, 0.1) is 34.1 Å². The molecular formula is C18H18N4O6. The molecule has 28 heavy (non-hydrogen) atoms. The van der Waals surface area contributed by atoms with Crippen LogP contribution in [0.15, 0.2) is 36.4 Å². The molecule has 146 valence electrons. The van der Waals surface area contributed by atoms with Crippen LogP contribution in [0.25, 0.3) is 0 Å². The largest absolute Gasteiger partial charge is 0.332 e. The molecule has 0 fully saturated rings. The number of carbonyl (C=O) groups excluding carboxylic acids is 2. The molecule has 0 heterocycles. The highest BCUT2D eigenvalue weighted by atomic mass is 16.6. The van der Waals surface area contributed by atoms with E-state index in [1.54, 1.807) is 0 Å². The normalized spacial score (nSPS) is 10.2. The first-order valence-corrected chi connectivity index (χ1v) is 8.15. The smallest absolute Gasteiger partial charge is 0.277 e. The predicted octanol–water partition coefficient (Wildman–Crippen LogP) is 2.83. The molecule has 0 unspecified atom stereocenters. The van der Waals surface area contributed by atoms with Crippen molar-refractivity contribution in [3.05, 3.63) is 73.3 Å². The Hall–Kier alpha value is -3.82. The van der Waals surface area contributed by atoms with E-state index in [2.05, 4.69) is 5.32 Å². The van der Waals surface area contributed by atoms with Crippen molar-refractivity contribution >= 4 is 28.9 Å². The highest BCUT2D eigenvalue weighted by Gasteiger charge is 2.23. The quantitative estimate of drug-likeness (QED) is 0.599. The Labute approximate surface area is 160 Å². The molecule has 0 spiro atoms. The number of aryl methyl sites for hydroxylation is 2. The van der Waals surface area contributed by atoms with Crippen LogP contribution in [-0.4, -0.2) is 40.2 Å². The maximum atomic E-state index is 12.5. The summed E-state index contributed by atoms with van der Waals surface area (Å²) in [5, 5.41) is 24.6. The van der Waals surface area contributed by atoms with Gasteiger partial charge in [-0.2, -0.15) is 0 Å². The summed E-state index contributed by atoms with van der Waals surface area (Å²) in [5.41, 5.74) is 0.952. The number of para-hydroxylation sites is 1. The van der Waals surface area contributed by atoms with Crippen molar-refractivity contribution in [1.82, 2.24) is 4.90 Å². The molecule has 0 bridgehead atoms. The van der Waals surface area contributed by atoms with Crippen LogP contribution >= 0.6 is 0 Å². The monoisotopic (exact) mass is 386 g/mol. The molecule has 1 N–H and O–H groups in total. The number of hydrogen-bond donors (Lipinski definition) is 1. The van der Waals surface area contributed by atoms with E-state index in [1.165, 1.54) is 7.05 Å². The van der Waals surface area contributed by atoms with Crippen molar-refractivity contribution in [2.24, 2.45) is 0 Å². The van der Waals surface area contributed by atoms with Gasteiger partial charge in [0.15, 0.2) is 0 Å². The van der Waals surface area contributed by atoms with Crippen molar-refractivity contribution < 1.29 is 19.4 Å². The molecule has 2 aromatic rings. The average molecular weight is 386 g/mol. The zero-order chi connectivity index (χ0) is 21.0. The Kier molecular flexibility index (Phi) is 6.04. The molecule has 10 heteroatoms. The Bertz CT molecular complexity index is 920. The van der Waals surface area contributed by atoms with Gasteiger partial charge in [-0.25, -0.2) is 0 Å². The first-order valence-electron chi connectivity index (χ1n) is 8.15. The van der Waals surface area contributed by atoms with Crippen molar-refractivity contribution in [2.45, 2.75) is 13.8 Å². The molecule has 2 rings (SSSR count). The number of anilines is 1. The number of hydrogen-bond acceptors (Lipinski definition) is 6. The zero-order valence-electron chi connectivity index (χ0n) is 15.5. The number of nitrogens with one attached hydrogen (secondary N) is 1. The second kappa shape index (κ2) is 8.25. The average Bonchev–Trinajstić information content (AvgIpc) is 2.63. The molecule has 0 aromatic heterocycles. The molecule has 2 amide bonds. The topological polar surface area (TPSA) is 136 Å². The second-order valence-corrected chi connectivity index (χ2v) is 6.23. The summed E-state index contributed by atoms with van der Waals surface area (Å²) in [7, 11) is 1.33. The highest BCUT2D eigenvalue weighted by molar-refractivity contribution is 6.00. The lowest BCUT2D eigenvalue weighted by Crippen LogP contribution is -2.35. The van der Waals surface area contributed by atoms with E-state index in [0.717, 1.165) is 34.2 Å². The van der Waals surface area contributed by atoms with Gasteiger partial charge in [-0.1, -0.05) is 18.2 Å². The third kappa shape index (κ3) is 4.67. The first-order chi connectivity index (χ1) is 13.1. The van der Waals surface area contributed by atoms with Crippen LogP contribution in [0.2, 0.25) is 0 Å². The van der Waals surface area contributed by atoms with Gasteiger partial charge in [0.1, 0.15) is 0 Å². The summed E-state index contributed by atoms with van der Waals surface area (Å²) in [4.78, 5) is 46.1. The molecule has 0 aliphatic carbocycles. The Morgan fingerprint density at radius 2 is 1.50 bits per heavy atom. The van der Waals surface area contributed by atoms with Crippen LogP contribution in [0.4, 0.5) is 17.1 Å². The fourth-order valence-electron chi connectivity index (χ4n) is 2.63. The number of benzene rings is 2. The minimum Gasteiger partial charge on any atom is -0.332 e. The van der Waals surface area contributed by atoms with Gasteiger partial charge in [0.25, 0.3) is 17.3 Å². The van der Waals surface area contributed by atoms with Crippen molar-refractivity contribution in [1.29, 1.82) is 0 Å². The Morgan fingerprint density at radius 1 is 1.00 bits per heavy atom. The maximum Gasteiger partial charge on any atom is 0.277 e. The number of amides is 2. The van der Waals surface area contributed by atoms with E-state index in [1.807, 2.05) is 32.0 Å². The van der Waals surface area contributed by atoms with Crippen LogP contribution in [0.1, 0.15) is 21.5 Å². The third-order valence-corrected chi connectivity index (χ3v) is 4.04. The number of nitrogens with zero attached hydrogens (tertiary/aromatic N) is 3. The molecule has 10 nitrogen and oxygen atoms in total. The van der Waals surface area contributed by atoms with E-state index in [9.17, 15) is 29.8 Å². The van der Waals surface area contributed by atoms with E-state index < -0.39 is 33.0 Å². The number of rotatable bonds is 6. The molecule has 0 aliphatic rings. The predicted molar refractivity (Wildman–Crippen MR) is 101 cm³/mol. The van der Waals surface area contributed by atoms with Crippen LogP contribution in [-0.2, 0) is 4.79 Å². The van der Waals surface area contributed by atoms with E-state index in [-0.39, 0.29) is 12.1 Å². The molecule has 0 saturated heterocycles. The lowest BCUT2D eigenvalue weighted by molar-refractivity contribution is -0.394. The summed E-state index contributed by atoms with van der Waals surface area (Å²) in [6.45, 7) is 3.34. The number of non-ortho nitro benzene ring substituents is 2. The number of nitro groups is 2. The van der Waals surface area contributed by atoms with E-state index in [4.69, 9.17) is 0 Å². The fraction of sp³-hybridized carbons (Fsp3) is 0.222. The summed E-state index contributed by atoms with van der Waals surface area (Å²) in [5.74, 6) is -1.21. The van der Waals surface area contributed by atoms with Gasteiger partial charge in [-0.3, -0.25) is 29.8 Å². The van der Waals surface area contributed by atoms with Crippen molar-refractivity contribution in [3.63, 3.8) is 0 Å². The number of nitro benzene ring substituents is 2. The molecular weight excluding hydrogens is 368 g/mol. The van der Waals surface area contributed by atoms with Crippen molar-refractivity contribution in [3.8, 4) is 0 Å². The fourth-order valence-corrected chi connectivity index (χ4v) is 2.63. The maximum absolute atomic E-state index is 12.5. The minimum absolute atomic E-state index is 0.247. The summed E-state index contributed by atoms with van der Waals surface area (Å²) in [6.07, 6.45) is 0. The number of carbonyl (C=O) groups is 2. The van der Waals surface area contributed by atoms with Gasteiger partial charge in [0, 0.05) is 24.9 Å². The van der Waals surface area contributed by atoms with Gasteiger partial charge in [-0.05, 0) is 25.0 Å². The van der Waals surface area contributed by atoms with Crippen LogP contribution < -0.4 is 5.32 Å². The minimum atomic E-state index is -0.822. The van der Waals surface area contributed by atoms with Gasteiger partial charge in [0.2, 0.25) is 5.91 Å². The molecule has 0 aliphatic heterocycles. The Balaban J connectivity index is 2.19. The first kappa shape index (κ1) is 20.5. The van der Waals surface area contributed by atoms with Crippen LogP contribution in [0.5, 0.6) is 0 Å². The molecule has 2 aromatic carbocycles. The standard InChI is InChI=1S/C18H18N4O6/c1-11-5-4-6-12(2)17(11)19-16(23)10-20(3)18(24)13-7-14(21(25)26)9-15(8-13)22(27)28/h4-9H,10H2,1-3H3,(H,19,23). The van der Waals surface area contributed by atoms with Gasteiger partial charge in [0.05, 0.1) is 28.0 Å². The molecule has 0 saturated carbocycles. The highest BCUT2D eigenvalue weighted by Crippen LogP contribution is 2.24. The molecule has 0 atom stereocenters. The van der Waals surface area contributed by atoms with Gasteiger partial charge >= 0.3 is 0 Å².